The Labute approximate surface area is 223 Å². The number of amides is 1. The van der Waals surface area contributed by atoms with Crippen molar-refractivity contribution < 1.29 is 9.18 Å². The second-order valence-electron chi connectivity index (χ2n) is 11.3. The van der Waals surface area contributed by atoms with Crippen LogP contribution in [0.3, 0.4) is 0 Å². The van der Waals surface area contributed by atoms with Crippen LogP contribution in [0, 0.1) is 18.7 Å². The monoisotopic (exact) mass is 510 g/mol. The highest BCUT2D eigenvalue weighted by Crippen LogP contribution is 2.42. The number of likely N-dealkylation sites (tertiary alicyclic amines) is 2. The van der Waals surface area contributed by atoms with E-state index in [9.17, 15) is 9.18 Å². The first-order valence-electron chi connectivity index (χ1n) is 13.7. The van der Waals surface area contributed by atoms with Crippen molar-refractivity contribution in [2.75, 3.05) is 33.2 Å². The summed E-state index contributed by atoms with van der Waals surface area (Å²) in [5, 5.41) is 5.70. The van der Waals surface area contributed by atoms with Crippen LogP contribution in [0.1, 0.15) is 36.0 Å². The van der Waals surface area contributed by atoms with E-state index in [0.29, 0.717) is 5.91 Å². The maximum absolute atomic E-state index is 13.6. The Morgan fingerprint density at radius 1 is 1.03 bits per heavy atom. The number of aromatic nitrogens is 2. The number of piperidine rings is 1. The molecule has 1 atom stereocenters. The maximum atomic E-state index is 13.6. The van der Waals surface area contributed by atoms with E-state index < -0.39 is 0 Å². The van der Waals surface area contributed by atoms with Crippen molar-refractivity contribution in [3.05, 3.63) is 95.4 Å². The highest BCUT2D eigenvalue weighted by molar-refractivity contribution is 5.83. The second-order valence-corrected chi connectivity index (χ2v) is 11.3. The zero-order chi connectivity index (χ0) is 26.3. The van der Waals surface area contributed by atoms with Crippen molar-refractivity contribution in [1.82, 2.24) is 19.6 Å². The number of benzene rings is 3. The van der Waals surface area contributed by atoms with Gasteiger partial charge in [0.2, 0.25) is 5.91 Å². The molecule has 1 amide bonds. The third-order valence-electron chi connectivity index (χ3n) is 8.68. The van der Waals surface area contributed by atoms with Crippen LogP contribution >= 0.6 is 0 Å². The number of rotatable bonds is 5. The predicted octanol–water partition coefficient (Wildman–Crippen LogP) is 5.53. The fourth-order valence-corrected chi connectivity index (χ4v) is 6.56. The summed E-state index contributed by atoms with van der Waals surface area (Å²) in [6, 6.07) is 21.6. The molecule has 5 nitrogen and oxygen atoms in total. The van der Waals surface area contributed by atoms with Crippen molar-refractivity contribution in [3.8, 4) is 5.69 Å². The molecule has 1 unspecified atom stereocenters. The molecule has 0 aliphatic carbocycles. The van der Waals surface area contributed by atoms with E-state index in [4.69, 9.17) is 0 Å². The lowest BCUT2D eigenvalue weighted by molar-refractivity contribution is -0.136. The van der Waals surface area contributed by atoms with Gasteiger partial charge in [-0.3, -0.25) is 4.79 Å². The van der Waals surface area contributed by atoms with Gasteiger partial charge in [-0.05, 0) is 106 Å². The molecule has 0 spiro atoms. The molecule has 0 saturated carbocycles. The molecule has 2 fully saturated rings. The Morgan fingerprint density at radius 3 is 2.50 bits per heavy atom. The SMILES string of the molecule is Cc1cc2c(cnn2-c2ccc(F)cc2)cc1C1(Cc2ccccc2)CCN(C(=O)C2CCN(C)CC2)C1. The van der Waals surface area contributed by atoms with E-state index in [2.05, 4.69) is 71.3 Å². The molecule has 0 N–H and O–H groups in total. The summed E-state index contributed by atoms with van der Waals surface area (Å²) in [5.74, 6) is 0.208. The van der Waals surface area contributed by atoms with Gasteiger partial charge in [-0.2, -0.15) is 5.10 Å². The summed E-state index contributed by atoms with van der Waals surface area (Å²) >= 11 is 0. The van der Waals surface area contributed by atoms with Gasteiger partial charge in [0, 0.05) is 29.8 Å². The van der Waals surface area contributed by atoms with Crippen molar-refractivity contribution in [2.24, 2.45) is 5.92 Å². The number of aryl methyl sites for hydroxylation is 1. The normalized spacial score (nSPS) is 20.9. The topological polar surface area (TPSA) is 41.4 Å². The van der Waals surface area contributed by atoms with Gasteiger partial charge in [0.1, 0.15) is 5.82 Å². The van der Waals surface area contributed by atoms with Crippen LogP contribution in [0.5, 0.6) is 0 Å². The van der Waals surface area contributed by atoms with Crippen molar-refractivity contribution in [3.63, 3.8) is 0 Å². The molecule has 6 heteroatoms. The molecule has 0 radical (unpaired) electrons. The molecule has 2 aliphatic heterocycles. The number of nitrogens with zero attached hydrogens (tertiary/aromatic N) is 4. The largest absolute Gasteiger partial charge is 0.342 e. The first-order chi connectivity index (χ1) is 18.4. The standard InChI is InChI=1S/C32H35FN4O/c1-23-18-30-26(21-34-37(30)28-10-8-27(33)9-11-28)19-29(23)32(20-24-6-4-3-5-7-24)14-17-36(22-32)31(38)25-12-15-35(2)16-13-25/h3-11,18-19,21,25H,12-17,20,22H2,1-2H3. The molecule has 6 rings (SSSR count). The highest BCUT2D eigenvalue weighted by Gasteiger charge is 2.43. The summed E-state index contributed by atoms with van der Waals surface area (Å²) in [6.45, 7) is 5.70. The van der Waals surface area contributed by atoms with E-state index in [1.165, 1.54) is 28.8 Å². The minimum atomic E-state index is -0.257. The average Bonchev–Trinajstić information content (AvgIpc) is 3.54. The zero-order valence-electron chi connectivity index (χ0n) is 22.2. The lowest BCUT2D eigenvalue weighted by atomic mass is 9.73. The Balaban J connectivity index is 1.36. The molecule has 4 aromatic rings. The van der Waals surface area contributed by atoms with Crippen LogP contribution < -0.4 is 0 Å². The number of hydrogen-bond donors (Lipinski definition) is 0. The van der Waals surface area contributed by atoms with Crippen LogP contribution in [0.4, 0.5) is 4.39 Å². The third-order valence-corrected chi connectivity index (χ3v) is 8.68. The Bertz CT molecular complexity index is 1440. The number of carbonyl (C=O) groups is 1. The Kier molecular flexibility index (Phi) is 6.52. The quantitative estimate of drug-likeness (QED) is 0.355. The average molecular weight is 511 g/mol. The summed E-state index contributed by atoms with van der Waals surface area (Å²) in [6.07, 6.45) is 5.63. The molecule has 3 heterocycles. The van der Waals surface area contributed by atoms with Crippen LogP contribution in [-0.2, 0) is 16.6 Å². The van der Waals surface area contributed by atoms with Gasteiger partial charge in [-0.25, -0.2) is 9.07 Å². The number of carbonyl (C=O) groups excluding carboxylic acids is 1. The molecular weight excluding hydrogens is 475 g/mol. The second kappa shape index (κ2) is 9.99. The molecular formula is C32H35FN4O. The number of fused-ring (bicyclic) bond motifs is 1. The van der Waals surface area contributed by atoms with Gasteiger partial charge in [-0.15, -0.1) is 0 Å². The van der Waals surface area contributed by atoms with Gasteiger partial charge < -0.3 is 9.80 Å². The fraction of sp³-hybridized carbons (Fsp3) is 0.375. The van der Waals surface area contributed by atoms with Gasteiger partial charge in [0.15, 0.2) is 0 Å². The molecule has 1 aromatic heterocycles. The lowest BCUT2D eigenvalue weighted by Gasteiger charge is -2.34. The smallest absolute Gasteiger partial charge is 0.225 e. The van der Waals surface area contributed by atoms with Crippen LogP contribution in [0.25, 0.3) is 16.6 Å². The minimum Gasteiger partial charge on any atom is -0.342 e. The molecule has 3 aromatic carbocycles. The summed E-state index contributed by atoms with van der Waals surface area (Å²) in [5.41, 5.74) is 5.48. The molecule has 38 heavy (non-hydrogen) atoms. The first-order valence-corrected chi connectivity index (χ1v) is 13.7. The van der Waals surface area contributed by atoms with E-state index in [1.54, 1.807) is 12.1 Å². The van der Waals surface area contributed by atoms with E-state index in [-0.39, 0.29) is 17.2 Å². The van der Waals surface area contributed by atoms with Crippen LogP contribution in [-0.4, -0.2) is 58.7 Å². The van der Waals surface area contributed by atoms with E-state index >= 15 is 0 Å². The van der Waals surface area contributed by atoms with E-state index in [1.807, 2.05) is 10.9 Å². The fourth-order valence-electron chi connectivity index (χ4n) is 6.56. The Hall–Kier alpha value is -3.51. The Morgan fingerprint density at radius 2 is 1.76 bits per heavy atom. The minimum absolute atomic E-state index is 0.135. The summed E-state index contributed by atoms with van der Waals surface area (Å²) in [7, 11) is 2.14. The third kappa shape index (κ3) is 4.62. The van der Waals surface area contributed by atoms with Crippen molar-refractivity contribution in [1.29, 1.82) is 0 Å². The lowest BCUT2D eigenvalue weighted by Crippen LogP contribution is -2.42. The van der Waals surface area contributed by atoms with Gasteiger partial charge in [-0.1, -0.05) is 30.3 Å². The molecule has 2 saturated heterocycles. The van der Waals surface area contributed by atoms with Crippen molar-refractivity contribution in [2.45, 2.75) is 38.0 Å². The van der Waals surface area contributed by atoms with Gasteiger partial charge in [0.25, 0.3) is 0 Å². The molecule has 0 bridgehead atoms. The zero-order valence-corrected chi connectivity index (χ0v) is 22.2. The summed E-state index contributed by atoms with van der Waals surface area (Å²) in [4.78, 5) is 18.1. The number of halogens is 1. The molecule has 2 aliphatic rings. The van der Waals surface area contributed by atoms with Gasteiger partial charge >= 0.3 is 0 Å². The maximum Gasteiger partial charge on any atom is 0.225 e. The predicted molar refractivity (Wildman–Crippen MR) is 149 cm³/mol. The van der Waals surface area contributed by atoms with Crippen LogP contribution in [0.2, 0.25) is 0 Å². The summed E-state index contributed by atoms with van der Waals surface area (Å²) < 4.78 is 15.4. The number of hydrogen-bond acceptors (Lipinski definition) is 3. The van der Waals surface area contributed by atoms with Crippen LogP contribution in [0.15, 0.2) is 72.9 Å². The molecule has 196 valence electrons. The van der Waals surface area contributed by atoms with Gasteiger partial charge in [0.05, 0.1) is 17.4 Å². The highest BCUT2D eigenvalue weighted by atomic mass is 19.1. The first kappa shape index (κ1) is 24.8. The van der Waals surface area contributed by atoms with Crippen molar-refractivity contribution >= 4 is 16.8 Å². The van der Waals surface area contributed by atoms with E-state index in [0.717, 1.165) is 68.5 Å².